The Morgan fingerprint density at radius 2 is 1.85 bits per heavy atom. The molecule has 2 nitrogen and oxygen atoms in total. The van der Waals surface area contributed by atoms with Crippen LogP contribution in [-0.4, -0.2) is 0 Å². The largest absolute Gasteiger partial charge is 0.271 e. The Kier molecular flexibility index (Phi) is 4.90. The maximum absolute atomic E-state index is 14.2. The molecule has 0 heterocycles. The molecular weight excluding hydrogens is 394 g/mol. The van der Waals surface area contributed by atoms with Crippen LogP contribution in [0.2, 0.25) is 0 Å². The zero-order valence-electron chi connectivity index (χ0n) is 10.6. The van der Waals surface area contributed by atoms with Crippen molar-refractivity contribution < 1.29 is 8.78 Å². The van der Waals surface area contributed by atoms with Crippen LogP contribution >= 0.6 is 31.9 Å². The third-order valence-electron chi connectivity index (χ3n) is 3.07. The summed E-state index contributed by atoms with van der Waals surface area (Å²) in [5.74, 6) is 4.21. The molecule has 0 aliphatic heterocycles. The standard InChI is InChI=1S/C14H12Br2F2N2/c1-7-3-2-4-8(12(7)16)14(20-19)11-10(17)6-5-9(15)13(11)18/h2-6,14,20H,19H2,1H3. The van der Waals surface area contributed by atoms with E-state index in [1.165, 1.54) is 12.1 Å². The van der Waals surface area contributed by atoms with Crippen molar-refractivity contribution in [2.24, 2.45) is 5.84 Å². The van der Waals surface area contributed by atoms with Crippen LogP contribution in [0.3, 0.4) is 0 Å². The van der Waals surface area contributed by atoms with E-state index in [4.69, 9.17) is 5.84 Å². The van der Waals surface area contributed by atoms with Crippen LogP contribution in [0.5, 0.6) is 0 Å². The number of rotatable bonds is 3. The molecule has 0 saturated heterocycles. The van der Waals surface area contributed by atoms with Crippen LogP contribution in [0.4, 0.5) is 8.78 Å². The highest BCUT2D eigenvalue weighted by Crippen LogP contribution is 2.34. The highest BCUT2D eigenvalue weighted by atomic mass is 79.9. The summed E-state index contributed by atoms with van der Waals surface area (Å²) in [4.78, 5) is 0. The van der Waals surface area contributed by atoms with Crippen LogP contribution in [0.25, 0.3) is 0 Å². The van der Waals surface area contributed by atoms with Gasteiger partial charge in [-0.2, -0.15) is 0 Å². The minimum Gasteiger partial charge on any atom is -0.271 e. The Hall–Kier alpha value is -0.820. The van der Waals surface area contributed by atoms with E-state index in [1.807, 2.05) is 19.1 Å². The predicted molar refractivity (Wildman–Crippen MR) is 82.1 cm³/mol. The SMILES string of the molecule is Cc1cccc(C(NN)c2c(F)ccc(Br)c2F)c1Br. The van der Waals surface area contributed by atoms with Crippen molar-refractivity contribution in [2.45, 2.75) is 13.0 Å². The Balaban J connectivity index is 2.65. The van der Waals surface area contributed by atoms with Crippen LogP contribution in [0.15, 0.2) is 39.3 Å². The van der Waals surface area contributed by atoms with E-state index in [9.17, 15) is 8.78 Å². The van der Waals surface area contributed by atoms with Crippen LogP contribution in [0, 0.1) is 18.6 Å². The molecule has 1 atom stereocenters. The number of aryl methyl sites for hydroxylation is 1. The molecule has 6 heteroatoms. The fraction of sp³-hybridized carbons (Fsp3) is 0.143. The lowest BCUT2D eigenvalue weighted by Crippen LogP contribution is -2.30. The first-order valence-electron chi connectivity index (χ1n) is 5.82. The molecule has 0 bridgehead atoms. The van der Waals surface area contributed by atoms with Gasteiger partial charge in [-0.1, -0.05) is 34.1 Å². The maximum atomic E-state index is 14.2. The molecule has 0 aliphatic rings. The quantitative estimate of drug-likeness (QED) is 0.452. The van der Waals surface area contributed by atoms with Crippen molar-refractivity contribution in [2.75, 3.05) is 0 Å². The van der Waals surface area contributed by atoms with Gasteiger partial charge in [0.15, 0.2) is 0 Å². The van der Waals surface area contributed by atoms with Gasteiger partial charge in [0.05, 0.1) is 10.5 Å². The molecule has 20 heavy (non-hydrogen) atoms. The number of benzene rings is 2. The molecule has 0 radical (unpaired) electrons. The first-order valence-corrected chi connectivity index (χ1v) is 7.40. The Bertz CT molecular complexity index is 647. The van der Waals surface area contributed by atoms with Crippen molar-refractivity contribution in [3.05, 3.63) is 67.6 Å². The van der Waals surface area contributed by atoms with E-state index in [0.717, 1.165) is 10.0 Å². The Morgan fingerprint density at radius 3 is 2.50 bits per heavy atom. The second-order valence-electron chi connectivity index (χ2n) is 4.33. The third kappa shape index (κ3) is 2.79. The van der Waals surface area contributed by atoms with Gasteiger partial charge in [0.1, 0.15) is 11.6 Å². The number of hydrogen-bond acceptors (Lipinski definition) is 2. The zero-order valence-corrected chi connectivity index (χ0v) is 13.7. The summed E-state index contributed by atoms with van der Waals surface area (Å²) < 4.78 is 29.2. The van der Waals surface area contributed by atoms with Crippen molar-refractivity contribution in [1.82, 2.24) is 5.43 Å². The van der Waals surface area contributed by atoms with E-state index in [0.29, 0.717) is 5.56 Å². The Labute approximate surface area is 132 Å². The number of nitrogens with two attached hydrogens (primary N) is 1. The van der Waals surface area contributed by atoms with E-state index in [1.54, 1.807) is 6.07 Å². The molecule has 3 N–H and O–H groups in total. The normalized spacial score (nSPS) is 12.5. The fourth-order valence-corrected chi connectivity index (χ4v) is 2.87. The molecule has 0 spiro atoms. The van der Waals surface area contributed by atoms with Gasteiger partial charge in [-0.05, 0) is 46.1 Å². The third-order valence-corrected chi connectivity index (χ3v) is 4.76. The lowest BCUT2D eigenvalue weighted by Gasteiger charge is -2.21. The topological polar surface area (TPSA) is 38.0 Å². The van der Waals surface area contributed by atoms with Crippen molar-refractivity contribution in [3.63, 3.8) is 0 Å². The highest BCUT2D eigenvalue weighted by molar-refractivity contribution is 9.10. The van der Waals surface area contributed by atoms with E-state index >= 15 is 0 Å². The second kappa shape index (κ2) is 6.30. The van der Waals surface area contributed by atoms with Gasteiger partial charge in [0.25, 0.3) is 0 Å². The average molecular weight is 406 g/mol. The summed E-state index contributed by atoms with van der Waals surface area (Å²) in [7, 11) is 0. The minimum atomic E-state index is -0.790. The molecule has 0 fully saturated rings. The smallest absolute Gasteiger partial charge is 0.145 e. The minimum absolute atomic E-state index is 0.117. The van der Waals surface area contributed by atoms with Gasteiger partial charge in [0, 0.05) is 10.0 Å². The van der Waals surface area contributed by atoms with Gasteiger partial charge in [-0.15, -0.1) is 0 Å². The number of nitrogens with one attached hydrogen (secondary N) is 1. The van der Waals surface area contributed by atoms with Gasteiger partial charge in [-0.25, -0.2) is 14.2 Å². The molecule has 2 aromatic carbocycles. The summed E-state index contributed by atoms with van der Waals surface area (Å²) >= 11 is 6.50. The second-order valence-corrected chi connectivity index (χ2v) is 5.98. The molecule has 0 saturated carbocycles. The predicted octanol–water partition coefficient (Wildman–Crippen LogP) is 4.35. The molecule has 0 aromatic heterocycles. The average Bonchev–Trinajstić information content (AvgIpc) is 2.43. The molecule has 0 aliphatic carbocycles. The lowest BCUT2D eigenvalue weighted by atomic mass is 9.97. The van der Waals surface area contributed by atoms with Crippen LogP contribution in [-0.2, 0) is 0 Å². The number of hydrazine groups is 1. The van der Waals surface area contributed by atoms with Gasteiger partial charge >= 0.3 is 0 Å². The first kappa shape index (κ1) is 15.6. The summed E-state index contributed by atoms with van der Waals surface area (Å²) in [6, 6.07) is 7.22. The number of hydrogen-bond donors (Lipinski definition) is 2. The van der Waals surface area contributed by atoms with E-state index < -0.39 is 17.7 Å². The van der Waals surface area contributed by atoms with Crippen LogP contribution in [0.1, 0.15) is 22.7 Å². The molecule has 1 unspecified atom stereocenters. The van der Waals surface area contributed by atoms with E-state index in [-0.39, 0.29) is 10.0 Å². The molecule has 0 amide bonds. The lowest BCUT2D eigenvalue weighted by molar-refractivity contribution is 0.506. The molecule has 2 aromatic rings. The van der Waals surface area contributed by atoms with E-state index in [2.05, 4.69) is 37.3 Å². The summed E-state index contributed by atoms with van der Waals surface area (Å²) in [5.41, 5.74) is 3.99. The van der Waals surface area contributed by atoms with Crippen molar-refractivity contribution in [3.8, 4) is 0 Å². The van der Waals surface area contributed by atoms with Crippen molar-refractivity contribution in [1.29, 1.82) is 0 Å². The van der Waals surface area contributed by atoms with Gasteiger partial charge < -0.3 is 0 Å². The zero-order chi connectivity index (χ0) is 14.9. The summed E-state index contributed by atoms with van der Waals surface area (Å²) in [5, 5.41) is 0. The molecule has 2 rings (SSSR count). The van der Waals surface area contributed by atoms with Gasteiger partial charge in [-0.3, -0.25) is 5.84 Å². The number of halogens is 4. The van der Waals surface area contributed by atoms with Crippen LogP contribution < -0.4 is 11.3 Å². The first-order chi connectivity index (χ1) is 9.47. The summed E-state index contributed by atoms with van der Waals surface area (Å²) in [6.45, 7) is 1.90. The molecular formula is C14H12Br2F2N2. The fourth-order valence-electron chi connectivity index (χ4n) is 2.03. The van der Waals surface area contributed by atoms with Crippen molar-refractivity contribution >= 4 is 31.9 Å². The maximum Gasteiger partial charge on any atom is 0.145 e. The molecule has 106 valence electrons. The Morgan fingerprint density at radius 1 is 1.15 bits per heavy atom. The summed E-state index contributed by atoms with van der Waals surface area (Å²) in [6.07, 6.45) is 0. The monoisotopic (exact) mass is 404 g/mol. The highest BCUT2D eigenvalue weighted by Gasteiger charge is 2.24. The van der Waals surface area contributed by atoms with Gasteiger partial charge in [0.2, 0.25) is 0 Å².